The molecular weight excluding hydrogens is 258 g/mol. The molecular formula is C15H27NO4. The molecule has 20 heavy (non-hydrogen) atoms. The van der Waals surface area contributed by atoms with Crippen LogP contribution in [0.15, 0.2) is 0 Å². The van der Waals surface area contributed by atoms with E-state index in [1.54, 1.807) is 4.90 Å². The summed E-state index contributed by atoms with van der Waals surface area (Å²) in [5.41, 5.74) is -0.559. The van der Waals surface area contributed by atoms with Gasteiger partial charge in [-0.3, -0.25) is 4.79 Å². The van der Waals surface area contributed by atoms with Gasteiger partial charge in [-0.25, -0.2) is 4.79 Å². The average molecular weight is 285 g/mol. The lowest BCUT2D eigenvalue weighted by Crippen LogP contribution is -2.48. The SMILES string of the molecule is C[C@@H]1CCCC[C@H]1N(CCC(=O)O)C(=O)OC(C)(C)C. The van der Waals surface area contributed by atoms with E-state index in [1.165, 1.54) is 6.42 Å². The van der Waals surface area contributed by atoms with Crippen molar-refractivity contribution >= 4 is 12.1 Å². The Bertz CT molecular complexity index is 348. The lowest BCUT2D eigenvalue weighted by molar-refractivity contribution is -0.137. The summed E-state index contributed by atoms with van der Waals surface area (Å²) in [6.45, 7) is 7.82. The molecule has 2 atom stereocenters. The number of rotatable bonds is 4. The number of carbonyl (C=O) groups excluding carboxylic acids is 1. The topological polar surface area (TPSA) is 66.8 Å². The van der Waals surface area contributed by atoms with Gasteiger partial charge in [0, 0.05) is 12.6 Å². The third-order valence-electron chi connectivity index (χ3n) is 3.66. The molecule has 1 amide bonds. The molecule has 1 aliphatic carbocycles. The van der Waals surface area contributed by atoms with E-state index < -0.39 is 17.7 Å². The van der Waals surface area contributed by atoms with E-state index in [0.29, 0.717) is 5.92 Å². The van der Waals surface area contributed by atoms with Gasteiger partial charge < -0.3 is 14.7 Å². The van der Waals surface area contributed by atoms with Gasteiger partial charge >= 0.3 is 12.1 Å². The van der Waals surface area contributed by atoms with Crippen LogP contribution >= 0.6 is 0 Å². The molecule has 1 N–H and O–H groups in total. The Hall–Kier alpha value is -1.26. The number of hydrogen-bond donors (Lipinski definition) is 1. The van der Waals surface area contributed by atoms with E-state index in [4.69, 9.17) is 9.84 Å². The van der Waals surface area contributed by atoms with E-state index in [2.05, 4.69) is 6.92 Å². The second kappa shape index (κ2) is 6.95. The van der Waals surface area contributed by atoms with E-state index in [-0.39, 0.29) is 19.0 Å². The summed E-state index contributed by atoms with van der Waals surface area (Å²) in [5.74, 6) is -0.493. The molecule has 0 aromatic rings. The summed E-state index contributed by atoms with van der Waals surface area (Å²) in [6, 6.07) is 0.0953. The van der Waals surface area contributed by atoms with Gasteiger partial charge in [0.2, 0.25) is 0 Å². The Morgan fingerprint density at radius 1 is 1.25 bits per heavy atom. The summed E-state index contributed by atoms with van der Waals surface area (Å²) in [7, 11) is 0. The van der Waals surface area contributed by atoms with Crippen LogP contribution in [0, 0.1) is 5.92 Å². The van der Waals surface area contributed by atoms with Crippen molar-refractivity contribution in [2.45, 2.75) is 71.4 Å². The molecule has 1 aliphatic rings. The molecule has 0 unspecified atom stereocenters. The van der Waals surface area contributed by atoms with Crippen molar-refractivity contribution in [2.24, 2.45) is 5.92 Å². The number of ether oxygens (including phenoxy) is 1. The first-order valence-electron chi connectivity index (χ1n) is 7.42. The van der Waals surface area contributed by atoms with Gasteiger partial charge in [-0.2, -0.15) is 0 Å². The highest BCUT2D eigenvalue weighted by molar-refractivity contribution is 5.71. The molecule has 0 bridgehead atoms. The van der Waals surface area contributed by atoms with E-state index in [9.17, 15) is 9.59 Å². The third-order valence-corrected chi connectivity index (χ3v) is 3.66. The van der Waals surface area contributed by atoms with Crippen molar-refractivity contribution in [3.8, 4) is 0 Å². The molecule has 0 aromatic heterocycles. The van der Waals surface area contributed by atoms with Gasteiger partial charge in [-0.05, 0) is 39.5 Å². The second-order valence-electron chi connectivity index (χ2n) is 6.65. The third kappa shape index (κ3) is 5.39. The fourth-order valence-electron chi connectivity index (χ4n) is 2.69. The zero-order valence-electron chi connectivity index (χ0n) is 13.0. The Morgan fingerprint density at radius 3 is 2.35 bits per heavy atom. The minimum absolute atomic E-state index is 0.0392. The zero-order chi connectivity index (χ0) is 15.3. The Morgan fingerprint density at radius 2 is 1.85 bits per heavy atom. The standard InChI is InChI=1S/C15H27NO4/c1-11-7-5-6-8-12(11)16(10-9-13(17)18)14(19)20-15(2,3)4/h11-12H,5-10H2,1-4H3,(H,17,18)/t11-,12-/m1/s1. The van der Waals surface area contributed by atoms with Crippen LogP contribution in [0.1, 0.15) is 59.8 Å². The normalized spacial score (nSPS) is 23.2. The molecule has 1 fully saturated rings. The first kappa shape index (κ1) is 16.8. The maximum absolute atomic E-state index is 12.3. The molecule has 0 aliphatic heterocycles. The van der Waals surface area contributed by atoms with Gasteiger partial charge in [-0.1, -0.05) is 19.8 Å². The van der Waals surface area contributed by atoms with Gasteiger partial charge in [0.15, 0.2) is 0 Å². The van der Waals surface area contributed by atoms with Crippen molar-refractivity contribution in [2.75, 3.05) is 6.54 Å². The van der Waals surface area contributed by atoms with E-state index >= 15 is 0 Å². The lowest BCUT2D eigenvalue weighted by atomic mass is 9.85. The molecule has 0 aromatic carbocycles. The number of hydrogen-bond acceptors (Lipinski definition) is 3. The number of nitrogens with zero attached hydrogens (tertiary/aromatic N) is 1. The number of carboxylic acid groups (broad SMARTS) is 1. The van der Waals surface area contributed by atoms with Crippen LogP contribution in [0.5, 0.6) is 0 Å². The average Bonchev–Trinajstić information content (AvgIpc) is 2.28. The Labute approximate surface area is 121 Å². The minimum Gasteiger partial charge on any atom is -0.481 e. The lowest BCUT2D eigenvalue weighted by Gasteiger charge is -2.39. The molecule has 1 rings (SSSR count). The molecule has 116 valence electrons. The van der Waals surface area contributed by atoms with Gasteiger partial charge in [0.25, 0.3) is 0 Å². The maximum Gasteiger partial charge on any atom is 0.410 e. The highest BCUT2D eigenvalue weighted by Gasteiger charge is 2.33. The molecule has 0 radical (unpaired) electrons. The molecule has 0 saturated heterocycles. The van der Waals surface area contributed by atoms with Crippen LogP contribution < -0.4 is 0 Å². The van der Waals surface area contributed by atoms with Gasteiger partial charge in [-0.15, -0.1) is 0 Å². The smallest absolute Gasteiger partial charge is 0.410 e. The second-order valence-corrected chi connectivity index (χ2v) is 6.65. The minimum atomic E-state index is -0.887. The summed E-state index contributed by atoms with van der Waals surface area (Å²) in [6.07, 6.45) is 3.84. The van der Waals surface area contributed by atoms with Gasteiger partial charge in [0.1, 0.15) is 5.60 Å². The number of amides is 1. The fourth-order valence-corrected chi connectivity index (χ4v) is 2.69. The summed E-state index contributed by atoms with van der Waals surface area (Å²) < 4.78 is 5.43. The van der Waals surface area contributed by atoms with E-state index in [1.807, 2.05) is 20.8 Å². The highest BCUT2D eigenvalue weighted by atomic mass is 16.6. The van der Waals surface area contributed by atoms with Crippen LogP contribution in [0.3, 0.4) is 0 Å². The van der Waals surface area contributed by atoms with Crippen LogP contribution in [-0.2, 0) is 9.53 Å². The quantitative estimate of drug-likeness (QED) is 0.860. The fraction of sp³-hybridized carbons (Fsp3) is 0.867. The van der Waals surface area contributed by atoms with Crippen molar-refractivity contribution < 1.29 is 19.4 Å². The number of carbonyl (C=O) groups is 2. The summed E-state index contributed by atoms with van der Waals surface area (Å²) >= 11 is 0. The van der Waals surface area contributed by atoms with Crippen molar-refractivity contribution in [3.63, 3.8) is 0 Å². The van der Waals surface area contributed by atoms with Gasteiger partial charge in [0.05, 0.1) is 6.42 Å². The number of aliphatic carboxylic acids is 1. The number of carboxylic acids is 1. The van der Waals surface area contributed by atoms with Crippen molar-refractivity contribution in [3.05, 3.63) is 0 Å². The highest BCUT2D eigenvalue weighted by Crippen LogP contribution is 2.29. The van der Waals surface area contributed by atoms with Crippen molar-refractivity contribution in [1.29, 1.82) is 0 Å². The zero-order valence-corrected chi connectivity index (χ0v) is 13.0. The molecule has 0 spiro atoms. The first-order valence-corrected chi connectivity index (χ1v) is 7.42. The largest absolute Gasteiger partial charge is 0.481 e. The Kier molecular flexibility index (Phi) is 5.84. The van der Waals surface area contributed by atoms with Crippen LogP contribution in [0.25, 0.3) is 0 Å². The first-order chi connectivity index (χ1) is 9.20. The van der Waals surface area contributed by atoms with Crippen LogP contribution in [0.2, 0.25) is 0 Å². The predicted octanol–water partition coefficient (Wildman–Crippen LogP) is 3.28. The maximum atomic E-state index is 12.3. The summed E-state index contributed by atoms with van der Waals surface area (Å²) in [5, 5.41) is 8.86. The Balaban J connectivity index is 2.77. The molecule has 0 heterocycles. The monoisotopic (exact) mass is 285 g/mol. The molecule has 1 saturated carbocycles. The molecule has 5 nitrogen and oxygen atoms in total. The van der Waals surface area contributed by atoms with Crippen LogP contribution in [-0.4, -0.2) is 40.3 Å². The van der Waals surface area contributed by atoms with E-state index in [0.717, 1.165) is 19.3 Å². The predicted molar refractivity (Wildman–Crippen MR) is 76.6 cm³/mol. The summed E-state index contributed by atoms with van der Waals surface area (Å²) in [4.78, 5) is 24.8. The van der Waals surface area contributed by atoms with Crippen LogP contribution in [0.4, 0.5) is 4.79 Å². The van der Waals surface area contributed by atoms with Crippen molar-refractivity contribution in [1.82, 2.24) is 4.90 Å². The molecule has 5 heteroatoms.